The number of aliphatic hydroxyl groups is 14. The Morgan fingerprint density at radius 2 is 0.506 bits per heavy atom. The van der Waals surface area contributed by atoms with Crippen LogP contribution in [0.5, 0.6) is 0 Å². The van der Waals surface area contributed by atoms with Gasteiger partial charge in [0, 0.05) is 27.2 Å². The lowest BCUT2D eigenvalue weighted by molar-refractivity contribution is -0.412. The van der Waals surface area contributed by atoms with Gasteiger partial charge in [0.05, 0.1) is 76.3 Å². The summed E-state index contributed by atoms with van der Waals surface area (Å²) in [6.07, 6.45) is -0.893. The van der Waals surface area contributed by atoms with Crippen LogP contribution in [0.4, 0.5) is 0 Å². The van der Waals surface area contributed by atoms with Gasteiger partial charge in [0.25, 0.3) is 0 Å². The summed E-state index contributed by atoms with van der Waals surface area (Å²) >= 11 is 0. The van der Waals surface area contributed by atoms with E-state index in [0.717, 1.165) is 0 Å². The molecule has 0 bridgehead atoms. The van der Waals surface area contributed by atoms with Gasteiger partial charge in [-0.25, -0.2) is 0 Å². The number of hydrogen-bond donors (Lipinski definition) is 14. The average molecular weight is 1300 g/mol. The van der Waals surface area contributed by atoms with Crippen LogP contribution in [0.25, 0.3) is 0 Å². The summed E-state index contributed by atoms with van der Waals surface area (Å²) in [4.78, 5) is 0. The molecule has 0 aromatic heterocycles. The van der Waals surface area contributed by atoms with Gasteiger partial charge in [0.2, 0.25) is 0 Å². The van der Waals surface area contributed by atoms with E-state index < -0.39 is 161 Å². The third-order valence-electron chi connectivity index (χ3n) is 25.6. The van der Waals surface area contributed by atoms with Crippen LogP contribution in [0.1, 0.15) is 180 Å². The SMILES string of the molecule is CCC1(C)OC(C)(COC)C(C)(O)C(C)(O)C1(C)O.COCC1(C)OC(C)(COCC2(C)OC(C)(COCC3OC(C)(COCC4(C)OC(C)(COC)C(C)(O)C(C)(O)C4(C)O)C(C)(O)C(C)(O)C3(C)O)C(C)(O)C(C)C2(C)O)C(C)(O)C(C)(O)C1(C)O.O. The van der Waals surface area contributed by atoms with Crippen molar-refractivity contribution in [3.05, 3.63) is 0 Å². The molecule has 0 amide bonds. The fraction of sp³-hybridized carbons (Fsp3) is 1.00. The largest absolute Gasteiger partial charge is 0.412 e. The van der Waals surface area contributed by atoms with Gasteiger partial charge < -0.3 is 129 Å². The third-order valence-corrected chi connectivity index (χ3v) is 25.6. The predicted octanol–water partition coefficient (Wildman–Crippen LogP) is 0.0451. The first-order valence-electron chi connectivity index (χ1n) is 30.5. The van der Waals surface area contributed by atoms with Crippen molar-refractivity contribution in [2.24, 2.45) is 5.92 Å². The van der Waals surface area contributed by atoms with Gasteiger partial charge in [-0.15, -0.1) is 0 Å². The lowest BCUT2D eigenvalue weighted by atomic mass is 9.58. The smallest absolute Gasteiger partial charge is 0.124 e. The highest BCUT2D eigenvalue weighted by molar-refractivity contribution is 5.27. The first kappa shape index (κ1) is 82.2. The van der Waals surface area contributed by atoms with E-state index in [1.54, 1.807) is 41.5 Å². The van der Waals surface area contributed by atoms with Crippen molar-refractivity contribution >= 4 is 0 Å². The quantitative estimate of drug-likeness (QED) is 0.0812. The molecule has 5 saturated heterocycles. The highest BCUT2D eigenvalue weighted by atomic mass is 16.7. The van der Waals surface area contributed by atoms with E-state index in [1.165, 1.54) is 146 Å². The summed E-state index contributed by atoms with van der Waals surface area (Å²) in [5.74, 6) is -0.922. The Balaban J connectivity index is 0.000000881. The fourth-order valence-electron chi connectivity index (χ4n) is 14.7. The average Bonchev–Trinajstić information content (AvgIpc) is 0.750. The lowest BCUT2D eigenvalue weighted by Gasteiger charge is -2.66. The maximum absolute atomic E-state index is 12.2. The molecule has 5 heterocycles. The molecule has 0 spiro atoms. The van der Waals surface area contributed by atoms with E-state index in [1.807, 2.05) is 6.92 Å². The van der Waals surface area contributed by atoms with Gasteiger partial charge in [-0.1, -0.05) is 13.8 Å². The minimum atomic E-state index is -2.31. The van der Waals surface area contributed by atoms with Crippen molar-refractivity contribution in [1.29, 1.82) is 0 Å². The molecule has 5 aliphatic heterocycles. The summed E-state index contributed by atoms with van der Waals surface area (Å²) in [5.41, 5.74) is -41.6. The van der Waals surface area contributed by atoms with Gasteiger partial charge in [0.1, 0.15) is 118 Å². The van der Waals surface area contributed by atoms with E-state index in [4.69, 9.17) is 52.1 Å². The van der Waals surface area contributed by atoms with Gasteiger partial charge in [-0.2, -0.15) is 0 Å². The summed E-state index contributed by atoms with van der Waals surface area (Å²) < 4.78 is 66.6. The van der Waals surface area contributed by atoms with Gasteiger partial charge >= 0.3 is 0 Å². The predicted molar refractivity (Wildman–Crippen MR) is 325 cm³/mol. The highest BCUT2D eigenvalue weighted by Crippen LogP contribution is 2.59. The molecular formula is C63H122O26. The Labute approximate surface area is 528 Å². The molecule has 5 aliphatic rings. The number of ether oxygens (including phenoxy) is 11. The minimum absolute atomic E-state index is 0. The van der Waals surface area contributed by atoms with Crippen LogP contribution in [-0.2, 0) is 52.1 Å². The molecule has 0 radical (unpaired) electrons. The molecule has 25 atom stereocenters. The summed E-state index contributed by atoms with van der Waals surface area (Å²) in [6.45, 7) is 34.2. The first-order chi connectivity index (χ1) is 38.7. The molecule has 0 saturated carbocycles. The van der Waals surface area contributed by atoms with E-state index in [0.29, 0.717) is 6.42 Å². The topological polar surface area (TPSA) is 416 Å². The molecule has 530 valence electrons. The van der Waals surface area contributed by atoms with Crippen molar-refractivity contribution in [1.82, 2.24) is 0 Å². The first-order valence-corrected chi connectivity index (χ1v) is 30.5. The molecule has 0 aromatic rings. The maximum Gasteiger partial charge on any atom is 0.124 e. The van der Waals surface area contributed by atoms with Crippen LogP contribution >= 0.6 is 0 Å². The Hall–Kier alpha value is -1.04. The molecule has 5 rings (SSSR count). The summed E-state index contributed by atoms with van der Waals surface area (Å²) in [6, 6.07) is 0. The molecule has 89 heavy (non-hydrogen) atoms. The summed E-state index contributed by atoms with van der Waals surface area (Å²) in [5, 5.41) is 163. The minimum Gasteiger partial charge on any atom is -0.412 e. The van der Waals surface area contributed by atoms with Gasteiger partial charge in [-0.05, 0) is 166 Å². The maximum atomic E-state index is 12.2. The number of rotatable bonds is 19. The van der Waals surface area contributed by atoms with E-state index in [9.17, 15) is 71.5 Å². The molecule has 26 nitrogen and oxygen atoms in total. The van der Waals surface area contributed by atoms with E-state index in [-0.39, 0.29) is 45.1 Å². The van der Waals surface area contributed by atoms with Crippen molar-refractivity contribution in [3.63, 3.8) is 0 Å². The van der Waals surface area contributed by atoms with Gasteiger partial charge in [0.15, 0.2) is 0 Å². The standard InChI is InChI=1S/C49H92O20.C14H28O5.H2O/c1-30-39(9,50)32(2,67-33(3,40(30,10)51)26-64-28-37(7)45(15,56)48(18,59)43(13,54)35(5,68-37)23-61-20)25-63-22-31-41(11,52)47(17,58)42(12,53)34(4,66-31)27-65-29-38(8)46(16,57)49(19,60)44(14,55)36(6,69-38)24-62-21;1-8-10(2)12(4,15)14(6,17)13(5,16)11(3,19-10)9-18-7;/h30-31,50-60H,22-29H2,1-21H3;15-17H,8-9H2,1-7H3;1H2. The molecule has 0 aromatic carbocycles. The van der Waals surface area contributed by atoms with Crippen LogP contribution in [0.3, 0.4) is 0 Å². The molecule has 5 fully saturated rings. The third kappa shape index (κ3) is 11.2. The van der Waals surface area contributed by atoms with Crippen molar-refractivity contribution in [2.75, 3.05) is 80.8 Å². The Morgan fingerprint density at radius 1 is 0.281 bits per heavy atom. The van der Waals surface area contributed by atoms with Crippen LogP contribution < -0.4 is 0 Å². The molecule has 26 heteroatoms. The van der Waals surface area contributed by atoms with Gasteiger partial charge in [-0.3, -0.25) is 0 Å². The highest BCUT2D eigenvalue weighted by Gasteiger charge is 2.78. The molecule has 25 unspecified atom stereocenters. The van der Waals surface area contributed by atoms with Crippen molar-refractivity contribution in [3.8, 4) is 0 Å². The molecular weight excluding hydrogens is 1170 g/mol. The Kier molecular flexibility index (Phi) is 22.1. The fourth-order valence-corrected chi connectivity index (χ4v) is 14.7. The Bertz CT molecular complexity index is 2450. The summed E-state index contributed by atoms with van der Waals surface area (Å²) in [7, 11) is 4.32. The second-order valence-electron chi connectivity index (χ2n) is 31.2. The van der Waals surface area contributed by atoms with Crippen molar-refractivity contribution < 1.29 is 129 Å². The second-order valence-corrected chi connectivity index (χ2v) is 31.2. The van der Waals surface area contributed by atoms with Crippen LogP contribution in [0, 0.1) is 5.92 Å². The second kappa shape index (κ2) is 23.9. The van der Waals surface area contributed by atoms with E-state index in [2.05, 4.69) is 0 Å². The van der Waals surface area contributed by atoms with Crippen molar-refractivity contribution in [2.45, 2.75) is 314 Å². The van der Waals surface area contributed by atoms with Crippen LogP contribution in [0.2, 0.25) is 0 Å². The normalized spacial score (nSPS) is 57.0. The lowest BCUT2D eigenvalue weighted by Crippen LogP contribution is -2.85. The zero-order valence-corrected chi connectivity index (χ0v) is 59.0. The van der Waals surface area contributed by atoms with E-state index >= 15 is 0 Å². The monoisotopic (exact) mass is 1290 g/mol. The zero-order chi connectivity index (χ0) is 69.5. The zero-order valence-electron chi connectivity index (χ0n) is 59.0. The molecule has 0 aliphatic carbocycles. The van der Waals surface area contributed by atoms with Crippen LogP contribution in [-0.4, -0.2) is 293 Å². The molecule has 16 N–H and O–H groups in total. The Morgan fingerprint density at radius 3 is 0.798 bits per heavy atom. The number of hydrogen-bond acceptors (Lipinski definition) is 25. The number of methoxy groups -OCH3 is 3. The van der Waals surface area contributed by atoms with Crippen LogP contribution in [0.15, 0.2) is 0 Å².